The van der Waals surface area contributed by atoms with Crippen LogP contribution in [0.15, 0.2) is 23.3 Å². The van der Waals surface area contributed by atoms with Gasteiger partial charge in [0.15, 0.2) is 0 Å². The zero-order chi connectivity index (χ0) is 7.56. The van der Waals surface area contributed by atoms with Gasteiger partial charge in [0, 0.05) is 5.02 Å². The monoisotopic (exact) mass is 154 g/mol. The Kier molecular flexibility index (Phi) is 2.02. The lowest BCUT2D eigenvalue weighted by Gasteiger charge is -1.96. The maximum absolute atomic E-state index is 6.74. The van der Waals surface area contributed by atoms with Crippen LogP contribution in [0.5, 0.6) is 0 Å². The highest BCUT2D eigenvalue weighted by Crippen LogP contribution is 2.21. The average molecular weight is 155 g/mol. The molecule has 0 bridgehead atoms. The molecule has 0 saturated heterocycles. The van der Waals surface area contributed by atoms with E-state index in [1.54, 1.807) is 18.2 Å². The molecule has 0 aliphatic carbocycles. The molecule has 0 amide bonds. The van der Waals surface area contributed by atoms with Gasteiger partial charge in [-0.1, -0.05) is 11.6 Å². The fraction of sp³-hybridized carbons (Fsp3) is 0.143. The number of nitrogens with one attached hydrogen (secondary N) is 1. The fourth-order valence-electron chi connectivity index (χ4n) is 0.744. The molecule has 1 N–H and O–H groups in total. The summed E-state index contributed by atoms with van der Waals surface area (Å²) in [4.78, 5) is 0. The van der Waals surface area contributed by atoms with Crippen molar-refractivity contribution in [1.29, 1.82) is 5.53 Å². The summed E-state index contributed by atoms with van der Waals surface area (Å²) in [6.45, 7) is 1.87. The van der Waals surface area contributed by atoms with Gasteiger partial charge in [-0.15, -0.1) is 0 Å². The van der Waals surface area contributed by atoms with Crippen molar-refractivity contribution in [3.05, 3.63) is 28.8 Å². The molecular formula is C7H7ClN2. The lowest BCUT2D eigenvalue weighted by Crippen LogP contribution is -1.71. The Hall–Kier alpha value is -0.890. The number of benzene rings is 1. The lowest BCUT2D eigenvalue weighted by molar-refractivity contribution is 1.13. The second-order valence-electron chi connectivity index (χ2n) is 2.04. The van der Waals surface area contributed by atoms with Crippen LogP contribution < -0.4 is 0 Å². The van der Waals surface area contributed by atoms with Crippen LogP contribution >= 0.6 is 11.6 Å². The zero-order valence-corrected chi connectivity index (χ0v) is 6.31. The van der Waals surface area contributed by atoms with E-state index in [1.807, 2.05) is 6.92 Å². The van der Waals surface area contributed by atoms with E-state index in [2.05, 4.69) is 5.11 Å². The maximum Gasteiger partial charge on any atom is 0.0880 e. The van der Waals surface area contributed by atoms with Crippen LogP contribution in [0, 0.1) is 12.5 Å². The Bertz CT molecular complexity index is 258. The van der Waals surface area contributed by atoms with Gasteiger partial charge in [-0.05, 0) is 30.7 Å². The Labute approximate surface area is 64.3 Å². The molecule has 0 aliphatic heterocycles. The molecule has 10 heavy (non-hydrogen) atoms. The minimum absolute atomic E-state index is 0.671. The van der Waals surface area contributed by atoms with E-state index in [0.717, 1.165) is 5.56 Å². The van der Waals surface area contributed by atoms with Gasteiger partial charge in [-0.3, -0.25) is 0 Å². The standard InChI is InChI=1S/C7H7ClN2/c1-5-4-6(8)2-3-7(5)10-9/h2-4,9H,1H3. The summed E-state index contributed by atoms with van der Waals surface area (Å²) >= 11 is 5.67. The van der Waals surface area contributed by atoms with Crippen LogP contribution in [0.25, 0.3) is 0 Å². The summed E-state index contributed by atoms with van der Waals surface area (Å²) in [6, 6.07) is 5.24. The molecule has 0 fully saturated rings. The Balaban J connectivity index is 3.19. The third-order valence-electron chi connectivity index (χ3n) is 1.28. The maximum atomic E-state index is 6.74. The quantitative estimate of drug-likeness (QED) is 0.603. The number of halogens is 1. The highest BCUT2D eigenvalue weighted by atomic mass is 35.5. The highest BCUT2D eigenvalue weighted by molar-refractivity contribution is 6.30. The van der Waals surface area contributed by atoms with Crippen molar-refractivity contribution >= 4 is 17.3 Å². The van der Waals surface area contributed by atoms with Crippen LogP contribution in [0.1, 0.15) is 5.56 Å². The molecule has 3 heteroatoms. The Morgan fingerprint density at radius 2 is 2.20 bits per heavy atom. The molecule has 0 atom stereocenters. The molecule has 1 aromatic carbocycles. The van der Waals surface area contributed by atoms with Crippen molar-refractivity contribution in [3.63, 3.8) is 0 Å². The fourth-order valence-corrected chi connectivity index (χ4v) is 0.971. The Morgan fingerprint density at radius 1 is 1.50 bits per heavy atom. The van der Waals surface area contributed by atoms with E-state index in [4.69, 9.17) is 17.1 Å². The summed E-state index contributed by atoms with van der Waals surface area (Å²) in [7, 11) is 0. The predicted octanol–water partition coefficient (Wildman–Crippen LogP) is 3.31. The molecule has 0 spiro atoms. The van der Waals surface area contributed by atoms with Gasteiger partial charge < -0.3 is 0 Å². The van der Waals surface area contributed by atoms with Crippen LogP contribution in [-0.2, 0) is 0 Å². The molecular weight excluding hydrogens is 148 g/mol. The molecule has 0 aliphatic rings. The van der Waals surface area contributed by atoms with Gasteiger partial charge in [0.25, 0.3) is 0 Å². The third kappa shape index (κ3) is 1.33. The molecule has 0 unspecified atom stereocenters. The summed E-state index contributed by atoms with van der Waals surface area (Å²) in [5, 5.41) is 3.99. The van der Waals surface area contributed by atoms with Gasteiger partial charge in [0.2, 0.25) is 0 Å². The van der Waals surface area contributed by atoms with Crippen LogP contribution in [0.2, 0.25) is 5.02 Å². The van der Waals surface area contributed by atoms with Crippen molar-refractivity contribution in [2.45, 2.75) is 6.92 Å². The summed E-state index contributed by atoms with van der Waals surface area (Å²) in [5.41, 5.74) is 8.34. The first-order valence-electron chi connectivity index (χ1n) is 2.87. The summed E-state index contributed by atoms with van der Waals surface area (Å²) in [6.07, 6.45) is 0. The van der Waals surface area contributed by atoms with Crippen LogP contribution in [-0.4, -0.2) is 0 Å². The largest absolute Gasteiger partial charge is 0.204 e. The minimum Gasteiger partial charge on any atom is -0.204 e. The smallest absolute Gasteiger partial charge is 0.0880 e. The molecule has 0 aromatic heterocycles. The molecule has 1 rings (SSSR count). The average Bonchev–Trinajstić information content (AvgIpc) is 1.88. The van der Waals surface area contributed by atoms with Gasteiger partial charge >= 0.3 is 0 Å². The van der Waals surface area contributed by atoms with Gasteiger partial charge in [-0.25, -0.2) is 5.53 Å². The summed E-state index contributed by atoms with van der Waals surface area (Å²) < 4.78 is 0. The second-order valence-corrected chi connectivity index (χ2v) is 2.48. The van der Waals surface area contributed by atoms with Gasteiger partial charge in [-0.2, -0.15) is 5.11 Å². The van der Waals surface area contributed by atoms with E-state index in [1.165, 1.54) is 0 Å². The lowest BCUT2D eigenvalue weighted by atomic mass is 10.2. The number of rotatable bonds is 1. The molecule has 0 saturated carbocycles. The van der Waals surface area contributed by atoms with Crippen molar-refractivity contribution in [2.24, 2.45) is 5.11 Å². The molecule has 0 heterocycles. The van der Waals surface area contributed by atoms with E-state index in [-0.39, 0.29) is 0 Å². The molecule has 0 radical (unpaired) electrons. The first kappa shape index (κ1) is 7.22. The molecule has 52 valence electrons. The second kappa shape index (κ2) is 2.80. The normalized spacial score (nSPS) is 9.40. The van der Waals surface area contributed by atoms with E-state index in [0.29, 0.717) is 10.7 Å². The topological polar surface area (TPSA) is 36.2 Å². The van der Waals surface area contributed by atoms with E-state index in [9.17, 15) is 0 Å². The number of hydrogen-bond donors (Lipinski definition) is 1. The van der Waals surface area contributed by atoms with Crippen molar-refractivity contribution in [2.75, 3.05) is 0 Å². The van der Waals surface area contributed by atoms with E-state index >= 15 is 0 Å². The first-order chi connectivity index (χ1) is 4.74. The zero-order valence-electron chi connectivity index (χ0n) is 5.56. The van der Waals surface area contributed by atoms with Gasteiger partial charge in [0.1, 0.15) is 0 Å². The van der Waals surface area contributed by atoms with Crippen LogP contribution in [0.3, 0.4) is 0 Å². The number of nitrogens with zero attached hydrogens (tertiary/aromatic N) is 1. The number of hydrogen-bond acceptors (Lipinski definition) is 2. The van der Waals surface area contributed by atoms with Crippen molar-refractivity contribution < 1.29 is 0 Å². The van der Waals surface area contributed by atoms with E-state index < -0.39 is 0 Å². The Morgan fingerprint density at radius 3 is 2.70 bits per heavy atom. The SMILES string of the molecule is Cc1cc(Cl)ccc1N=N. The molecule has 2 nitrogen and oxygen atoms in total. The summed E-state index contributed by atoms with van der Waals surface area (Å²) in [5.74, 6) is 0. The van der Waals surface area contributed by atoms with Crippen LogP contribution in [0.4, 0.5) is 5.69 Å². The highest BCUT2D eigenvalue weighted by Gasteiger charge is 1.94. The predicted molar refractivity (Wildman–Crippen MR) is 41.0 cm³/mol. The molecule has 1 aromatic rings. The van der Waals surface area contributed by atoms with Crippen molar-refractivity contribution in [3.8, 4) is 0 Å². The van der Waals surface area contributed by atoms with Gasteiger partial charge in [0.05, 0.1) is 5.69 Å². The number of aryl methyl sites for hydroxylation is 1. The first-order valence-corrected chi connectivity index (χ1v) is 3.25. The minimum atomic E-state index is 0.671. The van der Waals surface area contributed by atoms with Crippen molar-refractivity contribution in [1.82, 2.24) is 0 Å². The third-order valence-corrected chi connectivity index (χ3v) is 1.51.